The Morgan fingerprint density at radius 3 is 2.91 bits per heavy atom. The fraction of sp³-hybridized carbons (Fsp3) is 1.00. The molecular formula is C7H13O2S2+. The standard InChI is InChI=1S/C7H13O2S2/c8-5-4-11-3-1-2-10-7(11)6(5)9/h5-9H,1-4H2/q+1/t5-,6-,7-,11?/m1/s1. The molecule has 2 fully saturated rings. The summed E-state index contributed by atoms with van der Waals surface area (Å²) >= 11 is 1.85. The molecule has 2 aliphatic rings. The van der Waals surface area contributed by atoms with E-state index in [1.807, 2.05) is 11.8 Å². The van der Waals surface area contributed by atoms with Crippen LogP contribution in [0.4, 0.5) is 0 Å². The van der Waals surface area contributed by atoms with Crippen LogP contribution in [0, 0.1) is 0 Å². The number of rotatable bonds is 0. The van der Waals surface area contributed by atoms with Gasteiger partial charge < -0.3 is 10.2 Å². The Labute approximate surface area is 73.7 Å². The van der Waals surface area contributed by atoms with E-state index in [2.05, 4.69) is 0 Å². The van der Waals surface area contributed by atoms with Crippen molar-refractivity contribution in [1.82, 2.24) is 0 Å². The number of thioether (sulfide) groups is 1. The lowest BCUT2D eigenvalue weighted by Gasteiger charge is -2.17. The zero-order chi connectivity index (χ0) is 7.84. The molecule has 2 aliphatic heterocycles. The quantitative estimate of drug-likeness (QED) is 0.524. The minimum absolute atomic E-state index is 0.318. The van der Waals surface area contributed by atoms with Crippen LogP contribution >= 0.6 is 11.8 Å². The van der Waals surface area contributed by atoms with Crippen LogP contribution in [-0.4, -0.2) is 44.3 Å². The number of aliphatic hydroxyl groups excluding tert-OH is 2. The summed E-state index contributed by atoms with van der Waals surface area (Å²) in [4.78, 5) is 0. The molecule has 0 amide bonds. The van der Waals surface area contributed by atoms with E-state index in [1.54, 1.807) is 0 Å². The van der Waals surface area contributed by atoms with E-state index >= 15 is 0 Å². The van der Waals surface area contributed by atoms with Crippen LogP contribution in [0.15, 0.2) is 0 Å². The second-order valence-electron chi connectivity index (χ2n) is 3.06. The summed E-state index contributed by atoms with van der Waals surface area (Å²) in [5.74, 6) is 3.24. The fourth-order valence-corrected chi connectivity index (χ4v) is 6.63. The van der Waals surface area contributed by atoms with Gasteiger partial charge in [-0.25, -0.2) is 0 Å². The first-order valence-corrected chi connectivity index (χ1v) is 6.60. The molecule has 2 rings (SSSR count). The smallest absolute Gasteiger partial charge is 0.192 e. The first-order valence-electron chi connectivity index (χ1n) is 3.93. The van der Waals surface area contributed by atoms with Gasteiger partial charge in [0.15, 0.2) is 4.58 Å². The first-order chi connectivity index (χ1) is 5.29. The largest absolute Gasteiger partial charge is 0.385 e. The maximum absolute atomic E-state index is 9.53. The molecule has 2 N–H and O–H groups in total. The van der Waals surface area contributed by atoms with Crippen molar-refractivity contribution in [3.05, 3.63) is 0 Å². The Kier molecular flexibility index (Phi) is 2.37. The van der Waals surface area contributed by atoms with Gasteiger partial charge in [0.2, 0.25) is 0 Å². The molecule has 64 valence electrons. The van der Waals surface area contributed by atoms with Crippen LogP contribution < -0.4 is 0 Å². The highest BCUT2D eigenvalue weighted by Gasteiger charge is 2.51. The lowest BCUT2D eigenvalue weighted by molar-refractivity contribution is 0.0529. The van der Waals surface area contributed by atoms with Crippen molar-refractivity contribution >= 4 is 22.7 Å². The number of hydrogen-bond acceptors (Lipinski definition) is 3. The van der Waals surface area contributed by atoms with Crippen LogP contribution in [0.2, 0.25) is 0 Å². The van der Waals surface area contributed by atoms with Crippen molar-refractivity contribution in [2.24, 2.45) is 0 Å². The molecule has 0 spiro atoms. The summed E-state index contributed by atoms with van der Waals surface area (Å²) in [6.45, 7) is 0. The molecule has 0 aromatic heterocycles. The van der Waals surface area contributed by atoms with Crippen LogP contribution in [0.25, 0.3) is 0 Å². The molecule has 0 radical (unpaired) electrons. The predicted octanol–water partition coefficient (Wildman–Crippen LogP) is -0.197. The molecule has 2 heterocycles. The van der Waals surface area contributed by atoms with Crippen LogP contribution in [0.5, 0.6) is 0 Å². The van der Waals surface area contributed by atoms with E-state index in [-0.39, 0.29) is 0 Å². The summed E-state index contributed by atoms with van der Waals surface area (Å²) in [7, 11) is 0.318. The van der Waals surface area contributed by atoms with E-state index in [9.17, 15) is 10.2 Å². The molecule has 2 nitrogen and oxygen atoms in total. The minimum atomic E-state index is -0.441. The Balaban J connectivity index is 2.05. The molecule has 0 aromatic carbocycles. The fourth-order valence-electron chi connectivity index (χ4n) is 1.63. The van der Waals surface area contributed by atoms with Gasteiger partial charge in [0.05, 0.1) is 0 Å². The number of aliphatic hydroxyl groups is 2. The topological polar surface area (TPSA) is 40.5 Å². The lowest BCUT2D eigenvalue weighted by atomic mass is 10.3. The third-order valence-electron chi connectivity index (χ3n) is 2.22. The first kappa shape index (κ1) is 8.23. The second kappa shape index (κ2) is 3.17. The second-order valence-corrected chi connectivity index (χ2v) is 6.93. The molecule has 2 saturated heterocycles. The van der Waals surface area contributed by atoms with Gasteiger partial charge in [0, 0.05) is 23.1 Å². The van der Waals surface area contributed by atoms with Gasteiger partial charge in [0.25, 0.3) is 0 Å². The van der Waals surface area contributed by atoms with Gasteiger partial charge in [-0.2, -0.15) is 0 Å². The van der Waals surface area contributed by atoms with Gasteiger partial charge in [-0.1, -0.05) is 0 Å². The van der Waals surface area contributed by atoms with E-state index in [1.165, 1.54) is 12.2 Å². The van der Waals surface area contributed by atoms with Crippen LogP contribution in [0.3, 0.4) is 0 Å². The third-order valence-corrected chi connectivity index (χ3v) is 7.09. The molecule has 1 unspecified atom stereocenters. The normalized spacial score (nSPS) is 50.7. The average molecular weight is 193 g/mol. The molecule has 11 heavy (non-hydrogen) atoms. The van der Waals surface area contributed by atoms with Crippen molar-refractivity contribution in [3.8, 4) is 0 Å². The van der Waals surface area contributed by atoms with Crippen molar-refractivity contribution < 1.29 is 10.2 Å². The molecule has 4 atom stereocenters. The third kappa shape index (κ3) is 1.41. The number of hydrogen-bond donors (Lipinski definition) is 2. The zero-order valence-electron chi connectivity index (χ0n) is 6.27. The summed E-state index contributed by atoms with van der Waals surface area (Å²) in [6, 6.07) is 0. The molecular weight excluding hydrogens is 180 g/mol. The Bertz CT molecular complexity index is 153. The summed E-state index contributed by atoms with van der Waals surface area (Å²) < 4.78 is 0.360. The van der Waals surface area contributed by atoms with Gasteiger partial charge in [-0.15, -0.1) is 11.8 Å². The average Bonchev–Trinajstić information content (AvgIpc) is 2.30. The maximum atomic E-state index is 9.53. The molecule has 0 aromatic rings. The van der Waals surface area contributed by atoms with Gasteiger partial charge in [-0.05, 0) is 0 Å². The minimum Gasteiger partial charge on any atom is -0.385 e. The summed E-state index contributed by atoms with van der Waals surface area (Å²) in [6.07, 6.45) is 0.390. The zero-order valence-corrected chi connectivity index (χ0v) is 7.90. The van der Waals surface area contributed by atoms with Crippen molar-refractivity contribution in [2.45, 2.75) is 23.2 Å². The summed E-state index contributed by atoms with van der Waals surface area (Å²) in [5, 5.41) is 18.9. The predicted molar refractivity (Wildman–Crippen MR) is 50.0 cm³/mol. The lowest BCUT2D eigenvalue weighted by Crippen LogP contribution is -2.31. The van der Waals surface area contributed by atoms with Gasteiger partial charge >= 0.3 is 0 Å². The highest BCUT2D eigenvalue weighted by molar-refractivity contribution is 8.16. The molecule has 0 bridgehead atoms. The SMILES string of the molecule is O[C@@H]1[C@H](O)C[S+]2CCCS[C@@H]12. The summed E-state index contributed by atoms with van der Waals surface area (Å²) in [5.41, 5.74) is 0. The van der Waals surface area contributed by atoms with Crippen molar-refractivity contribution in [1.29, 1.82) is 0 Å². The Morgan fingerprint density at radius 1 is 1.36 bits per heavy atom. The van der Waals surface area contributed by atoms with Crippen molar-refractivity contribution in [2.75, 3.05) is 17.3 Å². The highest BCUT2D eigenvalue weighted by Crippen LogP contribution is 2.36. The van der Waals surface area contributed by atoms with Crippen LogP contribution in [0.1, 0.15) is 6.42 Å². The molecule has 0 aliphatic carbocycles. The maximum Gasteiger partial charge on any atom is 0.192 e. The monoisotopic (exact) mass is 193 g/mol. The molecule has 0 saturated carbocycles. The van der Waals surface area contributed by atoms with Crippen molar-refractivity contribution in [3.63, 3.8) is 0 Å². The van der Waals surface area contributed by atoms with E-state index in [0.717, 1.165) is 11.5 Å². The molecule has 4 heteroatoms. The van der Waals surface area contributed by atoms with Gasteiger partial charge in [-0.3, -0.25) is 0 Å². The van der Waals surface area contributed by atoms with E-state index in [0.29, 0.717) is 15.5 Å². The van der Waals surface area contributed by atoms with Gasteiger partial charge in [0.1, 0.15) is 23.7 Å². The Morgan fingerprint density at radius 2 is 2.18 bits per heavy atom. The highest BCUT2D eigenvalue weighted by atomic mass is 32.2. The number of fused-ring (bicyclic) bond motifs is 1. The Hall–Kier alpha value is 0.620. The van der Waals surface area contributed by atoms with E-state index < -0.39 is 12.2 Å². The van der Waals surface area contributed by atoms with Crippen LogP contribution in [-0.2, 0) is 10.9 Å². The van der Waals surface area contributed by atoms with E-state index in [4.69, 9.17) is 0 Å².